The summed E-state index contributed by atoms with van der Waals surface area (Å²) in [5, 5.41) is 0. The van der Waals surface area contributed by atoms with E-state index in [1.807, 2.05) is 6.07 Å². The van der Waals surface area contributed by atoms with Crippen molar-refractivity contribution >= 4 is 5.97 Å². The summed E-state index contributed by atoms with van der Waals surface area (Å²) in [6.07, 6.45) is 7.76. The fourth-order valence-corrected chi connectivity index (χ4v) is 5.75. The first kappa shape index (κ1) is 15.9. The molecule has 0 radical (unpaired) electrons. The van der Waals surface area contributed by atoms with Crippen LogP contribution < -0.4 is 4.74 Å². The van der Waals surface area contributed by atoms with Crippen molar-refractivity contribution in [1.82, 2.24) is 0 Å². The van der Waals surface area contributed by atoms with E-state index in [2.05, 4.69) is 0 Å². The summed E-state index contributed by atoms with van der Waals surface area (Å²) in [4.78, 5) is 11.4. The van der Waals surface area contributed by atoms with Crippen molar-refractivity contribution in [3.8, 4) is 5.75 Å². The highest BCUT2D eigenvalue weighted by Gasteiger charge is 2.51. The van der Waals surface area contributed by atoms with E-state index < -0.39 is 5.97 Å². The lowest BCUT2D eigenvalue weighted by molar-refractivity contribution is -0.145. The molecule has 0 amide bonds. The molecule has 0 heterocycles. The van der Waals surface area contributed by atoms with Crippen LogP contribution in [0.4, 0.5) is 4.39 Å². The summed E-state index contributed by atoms with van der Waals surface area (Å²) in [5.41, 5.74) is 1.30. The molecule has 4 saturated carbocycles. The Kier molecular flexibility index (Phi) is 4.01. The van der Waals surface area contributed by atoms with Gasteiger partial charge in [-0.15, -0.1) is 0 Å². The average Bonchev–Trinajstić information content (AvgIpc) is 2.52. The van der Waals surface area contributed by atoms with Gasteiger partial charge in [0, 0.05) is 0 Å². The van der Waals surface area contributed by atoms with E-state index in [1.54, 1.807) is 19.1 Å². The van der Waals surface area contributed by atoms with Crippen LogP contribution in [0, 0.1) is 23.6 Å². The highest BCUT2D eigenvalue weighted by Crippen LogP contribution is 2.60. The molecule has 1 aromatic rings. The number of benzene rings is 1. The predicted octanol–water partition coefficient (Wildman–Crippen LogP) is 4.24. The molecule has 0 aliphatic heterocycles. The van der Waals surface area contributed by atoms with Crippen molar-refractivity contribution in [3.63, 3.8) is 0 Å². The first-order valence-corrected chi connectivity index (χ1v) is 9.16. The van der Waals surface area contributed by atoms with E-state index in [-0.39, 0.29) is 23.6 Å². The molecule has 5 rings (SSSR count). The molecule has 4 aliphatic rings. The number of carbonyl (C=O) groups excluding carboxylic acids is 1. The number of hydrogen-bond donors (Lipinski definition) is 0. The summed E-state index contributed by atoms with van der Waals surface area (Å²) in [6.45, 7) is 1.79. The van der Waals surface area contributed by atoms with Gasteiger partial charge in [0.25, 0.3) is 0 Å². The highest BCUT2D eigenvalue weighted by atomic mass is 19.1. The SMILES string of the molecule is CCOC(=O)COc1ccc(C23CC4CC(CC(C4)C2)C3)cc1F. The quantitative estimate of drug-likeness (QED) is 0.757. The van der Waals surface area contributed by atoms with Crippen LogP contribution in [-0.4, -0.2) is 19.2 Å². The molecular formula is C20H25FO3. The molecule has 0 unspecified atom stereocenters. The molecule has 4 heteroatoms. The van der Waals surface area contributed by atoms with Gasteiger partial charge in [-0.25, -0.2) is 9.18 Å². The van der Waals surface area contributed by atoms with E-state index in [1.165, 1.54) is 38.5 Å². The Morgan fingerprint density at radius 1 is 1.17 bits per heavy atom. The third kappa shape index (κ3) is 2.80. The van der Waals surface area contributed by atoms with E-state index in [9.17, 15) is 9.18 Å². The zero-order valence-electron chi connectivity index (χ0n) is 14.2. The van der Waals surface area contributed by atoms with Crippen molar-refractivity contribution < 1.29 is 18.7 Å². The third-order valence-corrected chi connectivity index (χ3v) is 6.23. The molecule has 0 saturated heterocycles. The number of esters is 1. The summed E-state index contributed by atoms with van der Waals surface area (Å²) in [5.74, 6) is 1.79. The molecule has 0 N–H and O–H groups in total. The van der Waals surface area contributed by atoms with Crippen molar-refractivity contribution in [1.29, 1.82) is 0 Å². The van der Waals surface area contributed by atoms with Gasteiger partial charge in [-0.1, -0.05) is 6.07 Å². The van der Waals surface area contributed by atoms with Gasteiger partial charge in [-0.3, -0.25) is 0 Å². The van der Waals surface area contributed by atoms with Gasteiger partial charge in [-0.2, -0.15) is 0 Å². The molecule has 0 atom stereocenters. The van der Waals surface area contributed by atoms with Crippen molar-refractivity contribution in [2.45, 2.75) is 50.9 Å². The zero-order chi connectivity index (χ0) is 16.7. The molecule has 4 fully saturated rings. The van der Waals surface area contributed by atoms with Gasteiger partial charge in [0.15, 0.2) is 18.2 Å². The monoisotopic (exact) mass is 332 g/mol. The summed E-state index contributed by atoms with van der Waals surface area (Å²) in [6, 6.07) is 5.34. The molecular weight excluding hydrogens is 307 g/mol. The van der Waals surface area contributed by atoms with Crippen LogP contribution in [0.15, 0.2) is 18.2 Å². The molecule has 3 nitrogen and oxygen atoms in total. The first-order valence-electron chi connectivity index (χ1n) is 9.16. The van der Waals surface area contributed by atoms with Crippen molar-refractivity contribution in [2.75, 3.05) is 13.2 Å². The van der Waals surface area contributed by atoms with Crippen molar-refractivity contribution in [3.05, 3.63) is 29.6 Å². The molecule has 130 valence electrons. The average molecular weight is 332 g/mol. The molecule has 0 aromatic heterocycles. The second-order valence-corrected chi connectivity index (χ2v) is 7.94. The number of carbonyl (C=O) groups is 1. The lowest BCUT2D eigenvalue weighted by atomic mass is 9.48. The summed E-state index contributed by atoms with van der Waals surface area (Å²) >= 11 is 0. The number of hydrogen-bond acceptors (Lipinski definition) is 3. The van der Waals surface area contributed by atoms with E-state index >= 15 is 0 Å². The minimum Gasteiger partial charge on any atom is -0.479 e. The normalized spacial score (nSPS) is 33.5. The van der Waals surface area contributed by atoms with E-state index in [0.717, 1.165) is 23.3 Å². The lowest BCUT2D eigenvalue weighted by Gasteiger charge is -2.57. The highest BCUT2D eigenvalue weighted by molar-refractivity contribution is 5.71. The van der Waals surface area contributed by atoms with Crippen LogP contribution >= 0.6 is 0 Å². The topological polar surface area (TPSA) is 35.5 Å². The maximum absolute atomic E-state index is 14.5. The zero-order valence-corrected chi connectivity index (χ0v) is 14.2. The van der Waals surface area contributed by atoms with Crippen LogP contribution in [0.25, 0.3) is 0 Å². The van der Waals surface area contributed by atoms with Gasteiger partial charge in [0.1, 0.15) is 0 Å². The smallest absolute Gasteiger partial charge is 0.344 e. The number of ether oxygens (including phenoxy) is 2. The molecule has 4 bridgehead atoms. The maximum Gasteiger partial charge on any atom is 0.344 e. The van der Waals surface area contributed by atoms with Gasteiger partial charge in [-0.05, 0) is 86.3 Å². The van der Waals surface area contributed by atoms with Crippen LogP contribution in [0.2, 0.25) is 0 Å². The Labute approximate surface area is 142 Å². The Hall–Kier alpha value is -1.58. The summed E-state index contributed by atoms with van der Waals surface area (Å²) in [7, 11) is 0. The Morgan fingerprint density at radius 3 is 2.33 bits per heavy atom. The van der Waals surface area contributed by atoms with Crippen molar-refractivity contribution in [2.24, 2.45) is 17.8 Å². The van der Waals surface area contributed by atoms with Crippen LogP contribution in [-0.2, 0) is 14.9 Å². The fourth-order valence-electron chi connectivity index (χ4n) is 5.75. The van der Waals surface area contributed by atoms with Gasteiger partial charge < -0.3 is 9.47 Å². The molecule has 0 spiro atoms. The van der Waals surface area contributed by atoms with Crippen LogP contribution in [0.1, 0.15) is 51.0 Å². The fraction of sp³-hybridized carbons (Fsp3) is 0.650. The second-order valence-electron chi connectivity index (χ2n) is 7.94. The summed E-state index contributed by atoms with van der Waals surface area (Å²) < 4.78 is 24.6. The van der Waals surface area contributed by atoms with Crippen LogP contribution in [0.3, 0.4) is 0 Å². The van der Waals surface area contributed by atoms with Gasteiger partial charge in [0.2, 0.25) is 0 Å². The maximum atomic E-state index is 14.5. The molecule has 24 heavy (non-hydrogen) atoms. The second kappa shape index (κ2) is 6.05. The minimum atomic E-state index is -0.470. The standard InChI is InChI=1S/C20H25FO3/c1-2-23-19(22)12-24-18-4-3-16(8-17(18)21)20-9-13-5-14(10-20)7-15(6-13)11-20/h3-4,8,13-15H,2,5-7,9-12H2,1H3. The molecule has 1 aromatic carbocycles. The van der Waals surface area contributed by atoms with E-state index in [4.69, 9.17) is 9.47 Å². The largest absolute Gasteiger partial charge is 0.479 e. The Balaban J connectivity index is 1.51. The first-order chi connectivity index (χ1) is 11.6. The predicted molar refractivity (Wildman–Crippen MR) is 88.4 cm³/mol. The molecule has 4 aliphatic carbocycles. The Bertz CT molecular complexity index is 604. The third-order valence-electron chi connectivity index (χ3n) is 6.23. The minimum absolute atomic E-state index is 0.136. The van der Waals surface area contributed by atoms with Gasteiger partial charge >= 0.3 is 5.97 Å². The van der Waals surface area contributed by atoms with Gasteiger partial charge in [0.05, 0.1) is 6.61 Å². The number of halogens is 1. The lowest BCUT2D eigenvalue weighted by Crippen LogP contribution is -2.48. The number of rotatable bonds is 5. The van der Waals surface area contributed by atoms with E-state index in [0.29, 0.717) is 6.61 Å². The van der Waals surface area contributed by atoms with Crippen LogP contribution in [0.5, 0.6) is 5.75 Å². The Morgan fingerprint density at radius 2 is 1.79 bits per heavy atom.